The van der Waals surface area contributed by atoms with E-state index in [1.165, 1.54) is 0 Å². The van der Waals surface area contributed by atoms with Crippen molar-refractivity contribution in [1.82, 2.24) is 5.32 Å². The quantitative estimate of drug-likeness (QED) is 0.807. The van der Waals surface area contributed by atoms with Crippen LogP contribution in [-0.4, -0.2) is 38.4 Å². The van der Waals surface area contributed by atoms with Gasteiger partial charge in [-0.1, -0.05) is 0 Å². The molecule has 6 nitrogen and oxygen atoms in total. The van der Waals surface area contributed by atoms with Gasteiger partial charge in [-0.05, 0) is 25.1 Å². The fraction of sp³-hybridized carbons (Fsp3) is 0.462. The summed E-state index contributed by atoms with van der Waals surface area (Å²) >= 11 is 0. The summed E-state index contributed by atoms with van der Waals surface area (Å²) in [4.78, 5) is 13.8. The van der Waals surface area contributed by atoms with Crippen LogP contribution in [0.4, 0.5) is 5.69 Å². The summed E-state index contributed by atoms with van der Waals surface area (Å²) in [6.07, 6.45) is 0.785. The van der Waals surface area contributed by atoms with Gasteiger partial charge in [-0.15, -0.1) is 0 Å². The number of rotatable bonds is 3. The van der Waals surface area contributed by atoms with Crippen molar-refractivity contribution >= 4 is 11.6 Å². The topological polar surface area (TPSA) is 76.8 Å². The number of nitrogens with two attached hydrogens (primary N) is 1. The average molecular weight is 263 g/mol. The first-order chi connectivity index (χ1) is 9.26. The first-order valence-corrected chi connectivity index (χ1v) is 6.40. The zero-order chi connectivity index (χ0) is 13.2. The number of nitrogens with zero attached hydrogens (tertiary/aromatic N) is 1. The molecule has 0 spiro atoms. The number of piperazine rings is 1. The Labute approximate surface area is 111 Å². The van der Waals surface area contributed by atoms with Gasteiger partial charge in [0.05, 0.1) is 6.54 Å². The lowest BCUT2D eigenvalue weighted by atomic mass is 10.1. The molecule has 3 rings (SSSR count). The minimum absolute atomic E-state index is 0.0300. The molecular formula is C13H17N3O3. The Morgan fingerprint density at radius 1 is 1.37 bits per heavy atom. The van der Waals surface area contributed by atoms with Gasteiger partial charge < -0.3 is 25.4 Å². The van der Waals surface area contributed by atoms with E-state index in [0.717, 1.165) is 30.2 Å². The van der Waals surface area contributed by atoms with E-state index in [1.807, 2.05) is 23.1 Å². The fourth-order valence-electron chi connectivity index (χ4n) is 2.47. The second-order valence-corrected chi connectivity index (χ2v) is 4.76. The second-order valence-electron chi connectivity index (χ2n) is 4.76. The van der Waals surface area contributed by atoms with Gasteiger partial charge in [-0.2, -0.15) is 0 Å². The van der Waals surface area contributed by atoms with Crippen LogP contribution in [0.15, 0.2) is 18.2 Å². The zero-order valence-corrected chi connectivity index (χ0v) is 10.6. The lowest BCUT2D eigenvalue weighted by molar-refractivity contribution is -0.121. The molecule has 1 aromatic rings. The molecular weight excluding hydrogens is 246 g/mol. The molecule has 0 radical (unpaired) electrons. The van der Waals surface area contributed by atoms with Crippen LogP contribution in [0.5, 0.6) is 11.5 Å². The van der Waals surface area contributed by atoms with Crippen LogP contribution in [-0.2, 0) is 4.79 Å². The molecule has 0 aliphatic carbocycles. The molecule has 6 heteroatoms. The van der Waals surface area contributed by atoms with Gasteiger partial charge in [-0.3, -0.25) is 4.79 Å². The van der Waals surface area contributed by atoms with Crippen molar-refractivity contribution in [3.8, 4) is 11.5 Å². The minimum Gasteiger partial charge on any atom is -0.454 e. The third kappa shape index (κ3) is 2.44. The maximum atomic E-state index is 11.7. The summed E-state index contributed by atoms with van der Waals surface area (Å²) in [5.74, 6) is 1.52. The smallest absolute Gasteiger partial charge is 0.239 e. The molecule has 1 amide bonds. The van der Waals surface area contributed by atoms with E-state index < -0.39 is 0 Å². The number of carbonyl (C=O) groups excluding carboxylic acids is 1. The van der Waals surface area contributed by atoms with E-state index in [1.54, 1.807) is 0 Å². The monoisotopic (exact) mass is 263 g/mol. The molecule has 1 atom stereocenters. The van der Waals surface area contributed by atoms with E-state index in [9.17, 15) is 4.79 Å². The van der Waals surface area contributed by atoms with Gasteiger partial charge in [0.25, 0.3) is 0 Å². The highest BCUT2D eigenvalue weighted by Crippen LogP contribution is 2.35. The van der Waals surface area contributed by atoms with Gasteiger partial charge in [0, 0.05) is 24.3 Å². The molecule has 1 aromatic carbocycles. The predicted octanol–water partition coefficient (Wildman–Crippen LogP) is 0.0689. The molecule has 0 bridgehead atoms. The van der Waals surface area contributed by atoms with Crippen molar-refractivity contribution in [1.29, 1.82) is 0 Å². The number of hydrogen-bond acceptors (Lipinski definition) is 5. The highest BCUT2D eigenvalue weighted by atomic mass is 16.7. The van der Waals surface area contributed by atoms with Crippen LogP contribution in [0.3, 0.4) is 0 Å². The number of amides is 1. The van der Waals surface area contributed by atoms with Gasteiger partial charge >= 0.3 is 0 Å². The minimum atomic E-state index is 0.0300. The molecule has 1 fully saturated rings. The number of carbonyl (C=O) groups is 1. The van der Waals surface area contributed by atoms with Crippen molar-refractivity contribution in [3.63, 3.8) is 0 Å². The average Bonchev–Trinajstić information content (AvgIpc) is 2.85. The molecule has 19 heavy (non-hydrogen) atoms. The molecule has 3 N–H and O–H groups in total. The molecule has 1 unspecified atom stereocenters. The van der Waals surface area contributed by atoms with E-state index in [-0.39, 0.29) is 18.7 Å². The molecule has 2 aliphatic rings. The number of nitrogens with one attached hydrogen (secondary N) is 1. The van der Waals surface area contributed by atoms with Gasteiger partial charge in [0.2, 0.25) is 12.7 Å². The first kappa shape index (κ1) is 12.1. The summed E-state index contributed by atoms with van der Waals surface area (Å²) in [5, 5.41) is 2.95. The number of fused-ring (bicyclic) bond motifs is 1. The van der Waals surface area contributed by atoms with Crippen molar-refractivity contribution in [2.24, 2.45) is 5.73 Å². The molecule has 2 heterocycles. The lowest BCUT2D eigenvalue weighted by Gasteiger charge is -2.34. The van der Waals surface area contributed by atoms with Crippen LogP contribution in [0.25, 0.3) is 0 Å². The lowest BCUT2D eigenvalue weighted by Crippen LogP contribution is -2.54. The number of hydrogen-bond donors (Lipinski definition) is 2. The number of benzene rings is 1. The molecule has 102 valence electrons. The fourth-order valence-corrected chi connectivity index (χ4v) is 2.47. The Bertz CT molecular complexity index is 492. The molecule has 0 saturated carbocycles. The van der Waals surface area contributed by atoms with Crippen LogP contribution in [0, 0.1) is 0 Å². The van der Waals surface area contributed by atoms with Crippen LogP contribution >= 0.6 is 0 Å². The van der Waals surface area contributed by atoms with Crippen molar-refractivity contribution in [3.05, 3.63) is 18.2 Å². The van der Waals surface area contributed by atoms with Crippen LogP contribution in [0.2, 0.25) is 0 Å². The summed E-state index contributed by atoms with van der Waals surface area (Å²) in [5.41, 5.74) is 6.53. The maximum absolute atomic E-state index is 11.7. The molecule has 2 aliphatic heterocycles. The summed E-state index contributed by atoms with van der Waals surface area (Å²) in [6.45, 7) is 1.96. The Balaban J connectivity index is 1.79. The van der Waals surface area contributed by atoms with Crippen LogP contribution in [0.1, 0.15) is 6.42 Å². The summed E-state index contributed by atoms with van der Waals surface area (Å²) in [6, 6.07) is 5.85. The largest absolute Gasteiger partial charge is 0.454 e. The molecule has 1 saturated heterocycles. The summed E-state index contributed by atoms with van der Waals surface area (Å²) < 4.78 is 10.6. The van der Waals surface area contributed by atoms with Gasteiger partial charge in [0.15, 0.2) is 11.5 Å². The summed E-state index contributed by atoms with van der Waals surface area (Å²) in [7, 11) is 0. The predicted molar refractivity (Wildman–Crippen MR) is 70.4 cm³/mol. The Morgan fingerprint density at radius 2 is 2.21 bits per heavy atom. The maximum Gasteiger partial charge on any atom is 0.239 e. The Morgan fingerprint density at radius 3 is 3.05 bits per heavy atom. The van der Waals surface area contributed by atoms with Crippen LogP contribution < -0.4 is 25.4 Å². The SMILES string of the molecule is NCCC1CN(c2ccc3c(c2)OCO3)CC(=O)N1. The molecule has 0 aromatic heterocycles. The highest BCUT2D eigenvalue weighted by Gasteiger charge is 2.25. The van der Waals surface area contributed by atoms with Crippen molar-refractivity contribution in [2.75, 3.05) is 31.3 Å². The van der Waals surface area contributed by atoms with E-state index in [2.05, 4.69) is 5.32 Å². The van der Waals surface area contributed by atoms with Gasteiger partial charge in [0.1, 0.15) is 0 Å². The van der Waals surface area contributed by atoms with E-state index in [4.69, 9.17) is 15.2 Å². The second kappa shape index (κ2) is 4.97. The first-order valence-electron chi connectivity index (χ1n) is 6.40. The third-order valence-electron chi connectivity index (χ3n) is 3.38. The normalized spacial score (nSPS) is 21.4. The number of ether oxygens (including phenoxy) is 2. The zero-order valence-electron chi connectivity index (χ0n) is 10.6. The van der Waals surface area contributed by atoms with E-state index >= 15 is 0 Å². The highest BCUT2D eigenvalue weighted by molar-refractivity contribution is 5.83. The van der Waals surface area contributed by atoms with E-state index in [0.29, 0.717) is 13.1 Å². The van der Waals surface area contributed by atoms with Crippen molar-refractivity contribution < 1.29 is 14.3 Å². The van der Waals surface area contributed by atoms with Crippen molar-refractivity contribution in [2.45, 2.75) is 12.5 Å². The third-order valence-corrected chi connectivity index (χ3v) is 3.38. The Hall–Kier alpha value is -1.95. The Kier molecular flexibility index (Phi) is 3.16. The number of anilines is 1. The van der Waals surface area contributed by atoms with Gasteiger partial charge in [-0.25, -0.2) is 0 Å². The standard InChI is InChI=1S/C13H17N3O3/c14-4-3-9-6-16(7-13(17)15-9)10-1-2-11-12(5-10)19-8-18-11/h1-2,5,9H,3-4,6-8,14H2,(H,15,17).